The third kappa shape index (κ3) is 2.60. The van der Waals surface area contributed by atoms with E-state index in [2.05, 4.69) is 83.9 Å². The average molecular weight is 316 g/mol. The number of hydrogen-bond donors (Lipinski definition) is 1. The maximum atomic E-state index is 4.40. The first-order chi connectivity index (χ1) is 11.7. The van der Waals surface area contributed by atoms with Gasteiger partial charge in [0, 0.05) is 5.70 Å². The SMILES string of the molecule is CCc1ccc(C2=C[C@H](c3cccc(C)c3)n3ncnc3N2)cc1. The topological polar surface area (TPSA) is 42.7 Å². The summed E-state index contributed by atoms with van der Waals surface area (Å²) in [5.74, 6) is 0.776. The van der Waals surface area contributed by atoms with Gasteiger partial charge in [0.1, 0.15) is 12.4 Å². The Bertz CT molecular complexity index is 890. The van der Waals surface area contributed by atoms with Gasteiger partial charge in [-0.1, -0.05) is 61.0 Å². The van der Waals surface area contributed by atoms with Crippen LogP contribution in [0.4, 0.5) is 5.95 Å². The predicted octanol–water partition coefficient (Wildman–Crippen LogP) is 4.20. The number of aromatic nitrogens is 3. The lowest BCUT2D eigenvalue weighted by atomic mass is 9.99. The minimum absolute atomic E-state index is 0.0458. The summed E-state index contributed by atoms with van der Waals surface area (Å²) in [5.41, 5.74) is 6.04. The summed E-state index contributed by atoms with van der Waals surface area (Å²) in [6.07, 6.45) is 4.87. The third-order valence-electron chi connectivity index (χ3n) is 4.46. The van der Waals surface area contributed by atoms with E-state index in [0.29, 0.717) is 0 Å². The molecule has 120 valence electrons. The number of fused-ring (bicyclic) bond motifs is 1. The van der Waals surface area contributed by atoms with Crippen molar-refractivity contribution in [2.75, 3.05) is 5.32 Å². The van der Waals surface area contributed by atoms with Crippen molar-refractivity contribution < 1.29 is 0 Å². The van der Waals surface area contributed by atoms with Gasteiger partial charge in [-0.2, -0.15) is 10.1 Å². The maximum Gasteiger partial charge on any atom is 0.226 e. The summed E-state index contributed by atoms with van der Waals surface area (Å²) in [5, 5.41) is 7.79. The van der Waals surface area contributed by atoms with Gasteiger partial charge in [-0.3, -0.25) is 0 Å². The van der Waals surface area contributed by atoms with Gasteiger partial charge >= 0.3 is 0 Å². The molecule has 4 nitrogen and oxygen atoms in total. The molecule has 0 bridgehead atoms. The molecule has 0 fully saturated rings. The van der Waals surface area contributed by atoms with Crippen LogP contribution in [0.5, 0.6) is 0 Å². The molecule has 4 heteroatoms. The van der Waals surface area contributed by atoms with E-state index in [9.17, 15) is 0 Å². The second-order valence-electron chi connectivity index (χ2n) is 6.14. The van der Waals surface area contributed by atoms with E-state index in [4.69, 9.17) is 0 Å². The van der Waals surface area contributed by atoms with Gasteiger partial charge in [0.15, 0.2) is 0 Å². The van der Waals surface area contributed by atoms with Gasteiger partial charge in [0.2, 0.25) is 5.95 Å². The molecule has 0 aliphatic carbocycles. The number of anilines is 1. The van der Waals surface area contributed by atoms with Crippen molar-refractivity contribution in [3.8, 4) is 0 Å². The molecule has 1 aliphatic rings. The van der Waals surface area contributed by atoms with E-state index >= 15 is 0 Å². The molecule has 3 aromatic rings. The number of aryl methyl sites for hydroxylation is 2. The van der Waals surface area contributed by atoms with Crippen LogP contribution in [0, 0.1) is 6.92 Å². The van der Waals surface area contributed by atoms with Crippen LogP contribution in [0.2, 0.25) is 0 Å². The van der Waals surface area contributed by atoms with Crippen molar-refractivity contribution in [2.45, 2.75) is 26.3 Å². The Morgan fingerprint density at radius 3 is 2.71 bits per heavy atom. The van der Waals surface area contributed by atoms with Gasteiger partial charge in [-0.05, 0) is 36.1 Å². The van der Waals surface area contributed by atoms with Crippen molar-refractivity contribution in [3.63, 3.8) is 0 Å². The highest BCUT2D eigenvalue weighted by atomic mass is 15.4. The molecule has 0 amide bonds. The Morgan fingerprint density at radius 2 is 1.96 bits per heavy atom. The van der Waals surface area contributed by atoms with Crippen LogP contribution in [0.25, 0.3) is 5.70 Å². The van der Waals surface area contributed by atoms with Gasteiger partial charge in [-0.25, -0.2) is 4.68 Å². The van der Waals surface area contributed by atoms with Crippen molar-refractivity contribution in [1.82, 2.24) is 14.8 Å². The first-order valence-corrected chi connectivity index (χ1v) is 8.29. The number of rotatable bonds is 3. The minimum Gasteiger partial charge on any atom is -0.324 e. The Balaban J connectivity index is 1.78. The van der Waals surface area contributed by atoms with Gasteiger partial charge in [0.25, 0.3) is 0 Å². The van der Waals surface area contributed by atoms with Gasteiger partial charge in [0.05, 0.1) is 0 Å². The van der Waals surface area contributed by atoms with E-state index in [-0.39, 0.29) is 6.04 Å². The molecule has 24 heavy (non-hydrogen) atoms. The molecular formula is C20H20N4. The highest BCUT2D eigenvalue weighted by molar-refractivity contribution is 5.77. The monoisotopic (exact) mass is 316 g/mol. The number of nitrogens with one attached hydrogen (secondary N) is 1. The smallest absolute Gasteiger partial charge is 0.226 e. The molecule has 4 rings (SSSR count). The van der Waals surface area contributed by atoms with Crippen LogP contribution < -0.4 is 5.32 Å². The summed E-state index contributed by atoms with van der Waals surface area (Å²) in [4.78, 5) is 4.36. The lowest BCUT2D eigenvalue weighted by molar-refractivity contribution is 0.611. The van der Waals surface area contributed by atoms with Gasteiger partial charge < -0.3 is 5.32 Å². The second-order valence-corrected chi connectivity index (χ2v) is 6.14. The first-order valence-electron chi connectivity index (χ1n) is 8.29. The molecule has 1 aliphatic heterocycles. The van der Waals surface area contributed by atoms with E-state index in [1.807, 2.05) is 4.68 Å². The summed E-state index contributed by atoms with van der Waals surface area (Å²) in [6, 6.07) is 17.3. The fraction of sp³-hybridized carbons (Fsp3) is 0.200. The number of benzene rings is 2. The van der Waals surface area contributed by atoms with Crippen LogP contribution in [0.1, 0.15) is 35.2 Å². The molecular weight excluding hydrogens is 296 g/mol. The van der Waals surface area contributed by atoms with Crippen LogP contribution in [0.15, 0.2) is 60.9 Å². The van der Waals surface area contributed by atoms with Crippen LogP contribution >= 0.6 is 0 Å². The minimum atomic E-state index is 0.0458. The van der Waals surface area contributed by atoms with Gasteiger partial charge in [-0.15, -0.1) is 0 Å². The third-order valence-corrected chi connectivity index (χ3v) is 4.46. The number of allylic oxidation sites excluding steroid dienone is 1. The van der Waals surface area contributed by atoms with Crippen molar-refractivity contribution in [3.05, 3.63) is 83.2 Å². The zero-order valence-corrected chi connectivity index (χ0v) is 13.9. The lowest BCUT2D eigenvalue weighted by Crippen LogP contribution is -2.20. The first kappa shape index (κ1) is 14.7. The molecule has 0 radical (unpaired) electrons. The van der Waals surface area contributed by atoms with Crippen molar-refractivity contribution in [2.24, 2.45) is 0 Å². The van der Waals surface area contributed by atoms with E-state index in [0.717, 1.165) is 18.1 Å². The quantitative estimate of drug-likeness (QED) is 0.787. The molecule has 0 saturated carbocycles. The molecule has 1 aromatic heterocycles. The zero-order valence-electron chi connectivity index (χ0n) is 13.9. The largest absolute Gasteiger partial charge is 0.324 e. The number of hydrogen-bond acceptors (Lipinski definition) is 3. The Morgan fingerprint density at radius 1 is 1.12 bits per heavy atom. The molecule has 1 atom stereocenters. The van der Waals surface area contributed by atoms with Crippen LogP contribution in [0.3, 0.4) is 0 Å². The fourth-order valence-corrected chi connectivity index (χ4v) is 3.11. The normalized spacial score (nSPS) is 16.2. The predicted molar refractivity (Wildman–Crippen MR) is 96.8 cm³/mol. The van der Waals surface area contributed by atoms with E-state index in [1.54, 1.807) is 6.33 Å². The number of nitrogens with zero attached hydrogens (tertiary/aromatic N) is 3. The highest BCUT2D eigenvalue weighted by Gasteiger charge is 2.23. The Labute approximate surface area is 141 Å². The fourth-order valence-electron chi connectivity index (χ4n) is 3.11. The average Bonchev–Trinajstić information content (AvgIpc) is 3.09. The Hall–Kier alpha value is -2.88. The maximum absolute atomic E-state index is 4.40. The van der Waals surface area contributed by atoms with Crippen LogP contribution in [-0.2, 0) is 6.42 Å². The second kappa shape index (κ2) is 5.96. The molecule has 0 spiro atoms. The summed E-state index contributed by atoms with van der Waals surface area (Å²) >= 11 is 0. The summed E-state index contributed by atoms with van der Waals surface area (Å²) < 4.78 is 1.93. The lowest BCUT2D eigenvalue weighted by Gasteiger charge is -2.24. The van der Waals surface area contributed by atoms with E-state index in [1.165, 1.54) is 22.3 Å². The van der Waals surface area contributed by atoms with Crippen LogP contribution in [-0.4, -0.2) is 14.8 Å². The molecule has 2 aromatic carbocycles. The highest BCUT2D eigenvalue weighted by Crippen LogP contribution is 2.32. The Kier molecular flexibility index (Phi) is 3.65. The van der Waals surface area contributed by atoms with Crippen molar-refractivity contribution >= 4 is 11.6 Å². The molecule has 0 unspecified atom stereocenters. The zero-order chi connectivity index (χ0) is 16.5. The molecule has 0 saturated heterocycles. The van der Waals surface area contributed by atoms with Crippen molar-refractivity contribution in [1.29, 1.82) is 0 Å². The summed E-state index contributed by atoms with van der Waals surface area (Å²) in [7, 11) is 0. The summed E-state index contributed by atoms with van der Waals surface area (Å²) in [6.45, 7) is 4.28. The standard InChI is InChI=1S/C20H20N4/c1-3-15-7-9-16(10-8-15)18-12-19(17-6-4-5-14(2)11-17)24-20(23-18)21-13-22-24/h4-13,19H,3H2,1-2H3,(H,21,22,23)/t19-/m1/s1. The molecule has 2 heterocycles. The van der Waals surface area contributed by atoms with E-state index < -0.39 is 0 Å². The molecule has 1 N–H and O–H groups in total.